The van der Waals surface area contributed by atoms with E-state index < -0.39 is 12.7 Å². The van der Waals surface area contributed by atoms with Gasteiger partial charge in [-0.2, -0.15) is 0 Å². The van der Waals surface area contributed by atoms with Crippen molar-refractivity contribution >= 4 is 59.0 Å². The molecule has 146 valence electrons. The monoisotopic (exact) mass is 437 g/mol. The molecule has 0 aliphatic heterocycles. The van der Waals surface area contributed by atoms with Crippen molar-refractivity contribution in [3.63, 3.8) is 0 Å². The van der Waals surface area contributed by atoms with Gasteiger partial charge in [0.05, 0.1) is 24.8 Å². The fraction of sp³-hybridized carbons (Fsp3) is 0.467. The molecule has 11 heteroatoms. The molecule has 0 bridgehead atoms. The van der Waals surface area contributed by atoms with Crippen LogP contribution in [0.5, 0.6) is 0 Å². The van der Waals surface area contributed by atoms with Crippen molar-refractivity contribution in [1.82, 2.24) is 5.32 Å². The number of rotatable bonds is 10. The summed E-state index contributed by atoms with van der Waals surface area (Å²) in [4.78, 5) is 16.5. The van der Waals surface area contributed by atoms with Crippen molar-refractivity contribution in [2.24, 2.45) is 5.16 Å². The molecule has 0 spiro atoms. The average Bonchev–Trinajstić information content (AvgIpc) is 2.64. The van der Waals surface area contributed by atoms with E-state index in [0.717, 1.165) is 5.69 Å². The van der Waals surface area contributed by atoms with Crippen LogP contribution in [-0.2, 0) is 25.7 Å². The Bertz CT molecular complexity index is 624. The van der Waals surface area contributed by atoms with Gasteiger partial charge in [-0.15, -0.1) is 11.8 Å². The molecule has 26 heavy (non-hydrogen) atoms. The third-order valence-electron chi connectivity index (χ3n) is 2.74. The number of oxime groups is 1. The molecule has 0 aliphatic carbocycles. The van der Waals surface area contributed by atoms with E-state index in [9.17, 15) is 4.79 Å². The number of carbonyl (C=O) groups excluding carboxylic acids is 1. The zero-order valence-corrected chi connectivity index (χ0v) is 18.6. The summed E-state index contributed by atoms with van der Waals surface area (Å²) in [5, 5.41) is 6.97. The van der Waals surface area contributed by atoms with E-state index in [1.54, 1.807) is 6.92 Å². The Morgan fingerprint density at radius 1 is 1.27 bits per heavy atom. The fourth-order valence-electron chi connectivity index (χ4n) is 1.64. The molecule has 7 nitrogen and oxygen atoms in total. The fourth-order valence-corrected chi connectivity index (χ4v) is 6.04. The van der Waals surface area contributed by atoms with E-state index in [-0.39, 0.29) is 5.88 Å². The van der Waals surface area contributed by atoms with Gasteiger partial charge >= 0.3 is 6.09 Å². The summed E-state index contributed by atoms with van der Waals surface area (Å²) >= 11 is 8.38. The summed E-state index contributed by atoms with van der Waals surface area (Å²) in [5.41, 5.74) is 0.842. The number of nitrogens with zero attached hydrogens (tertiary/aromatic N) is 2. The summed E-state index contributed by atoms with van der Waals surface area (Å²) in [6, 6.07) is 9.55. The Balaban J connectivity index is 2.81. The van der Waals surface area contributed by atoms with E-state index in [1.807, 2.05) is 54.5 Å². The molecule has 0 saturated carbocycles. The number of anilines is 1. The minimum absolute atomic E-state index is 0.222. The summed E-state index contributed by atoms with van der Waals surface area (Å²) in [5.74, 6) is 0.222. The minimum Gasteiger partial charge on any atom is -0.313 e. The molecular formula is C15H24N3O4PS3. The van der Waals surface area contributed by atoms with Crippen LogP contribution in [-0.4, -0.2) is 36.5 Å². The van der Waals surface area contributed by atoms with Gasteiger partial charge in [0, 0.05) is 0 Å². The summed E-state index contributed by atoms with van der Waals surface area (Å²) in [6.07, 6.45) is 1.21. The number of para-hydroxylation sites is 1. The maximum Gasteiger partial charge on any atom is 0.434 e. The van der Waals surface area contributed by atoms with Gasteiger partial charge in [-0.05, 0) is 62.9 Å². The van der Waals surface area contributed by atoms with Crippen LogP contribution in [0.4, 0.5) is 10.5 Å². The Morgan fingerprint density at radius 3 is 2.42 bits per heavy atom. The predicted molar refractivity (Wildman–Crippen MR) is 115 cm³/mol. The average molecular weight is 438 g/mol. The lowest BCUT2D eigenvalue weighted by atomic mass is 10.3. The van der Waals surface area contributed by atoms with Gasteiger partial charge in [-0.1, -0.05) is 23.4 Å². The number of thioether (sulfide) groups is 1. The summed E-state index contributed by atoms with van der Waals surface area (Å²) < 4.78 is 13.4. The normalized spacial score (nSPS) is 11.9. The first kappa shape index (κ1) is 23.3. The van der Waals surface area contributed by atoms with E-state index in [4.69, 9.17) is 25.7 Å². The third kappa shape index (κ3) is 7.85. The van der Waals surface area contributed by atoms with Gasteiger partial charge in [0.25, 0.3) is 6.64 Å². The molecule has 1 aromatic carbocycles. The Kier molecular flexibility index (Phi) is 11.3. The van der Waals surface area contributed by atoms with Crippen LogP contribution in [0.25, 0.3) is 0 Å². The lowest BCUT2D eigenvalue weighted by molar-refractivity contribution is 0.153. The summed E-state index contributed by atoms with van der Waals surface area (Å²) in [7, 11) is 0. The van der Waals surface area contributed by atoms with Gasteiger partial charge < -0.3 is 14.4 Å². The molecule has 0 radical (unpaired) electrons. The molecule has 0 fully saturated rings. The van der Waals surface area contributed by atoms with Crippen LogP contribution in [0, 0.1) is 0 Å². The molecule has 0 saturated heterocycles. The molecular weight excluding hydrogens is 413 g/mol. The van der Waals surface area contributed by atoms with Crippen molar-refractivity contribution < 1.29 is 18.7 Å². The molecule has 0 aliphatic rings. The SMILES string of the molecule is CCOP(=S)(OCC)N(SCNC(=O)ON=C(C)SC)c1ccccc1. The molecule has 1 N–H and O–H groups in total. The highest BCUT2D eigenvalue weighted by Gasteiger charge is 2.29. The van der Waals surface area contributed by atoms with E-state index in [0.29, 0.717) is 18.3 Å². The van der Waals surface area contributed by atoms with Crippen LogP contribution >= 0.6 is 30.4 Å². The van der Waals surface area contributed by atoms with Gasteiger partial charge in [0.1, 0.15) is 5.04 Å². The van der Waals surface area contributed by atoms with Gasteiger partial charge in [0.15, 0.2) is 0 Å². The van der Waals surface area contributed by atoms with Crippen molar-refractivity contribution in [1.29, 1.82) is 0 Å². The van der Waals surface area contributed by atoms with Crippen molar-refractivity contribution in [3.8, 4) is 0 Å². The van der Waals surface area contributed by atoms with Gasteiger partial charge in [0.2, 0.25) is 0 Å². The highest BCUT2D eigenvalue weighted by molar-refractivity contribution is 8.19. The van der Waals surface area contributed by atoms with Crippen LogP contribution in [0.2, 0.25) is 0 Å². The Labute approximate surface area is 168 Å². The number of nitrogens with one attached hydrogen (secondary N) is 1. The van der Waals surface area contributed by atoms with E-state index in [2.05, 4.69) is 10.5 Å². The number of hydrogen-bond acceptors (Lipinski definition) is 8. The van der Waals surface area contributed by atoms with Crippen LogP contribution < -0.4 is 9.39 Å². The predicted octanol–water partition coefficient (Wildman–Crippen LogP) is 4.82. The second-order valence-electron chi connectivity index (χ2n) is 4.56. The number of amides is 1. The molecule has 1 amide bonds. The second kappa shape index (κ2) is 12.6. The number of hydrogen-bond donors (Lipinski definition) is 1. The maximum absolute atomic E-state index is 11.7. The Morgan fingerprint density at radius 2 is 1.88 bits per heavy atom. The highest BCUT2D eigenvalue weighted by atomic mass is 32.5. The first-order valence-electron chi connectivity index (χ1n) is 7.88. The summed E-state index contributed by atoms with van der Waals surface area (Å²) in [6.45, 7) is 3.61. The Hall–Kier alpha value is -0.770. The molecule has 0 heterocycles. The van der Waals surface area contributed by atoms with Crippen molar-refractivity contribution in [3.05, 3.63) is 30.3 Å². The molecule has 0 atom stereocenters. The first-order chi connectivity index (χ1) is 12.5. The maximum atomic E-state index is 11.7. The lowest BCUT2D eigenvalue weighted by Gasteiger charge is -2.33. The molecule has 1 rings (SSSR count). The number of carbonyl (C=O) groups is 1. The van der Waals surface area contributed by atoms with E-state index in [1.165, 1.54) is 23.7 Å². The van der Waals surface area contributed by atoms with Gasteiger partial charge in [-0.25, -0.2) is 8.87 Å². The zero-order valence-electron chi connectivity index (χ0n) is 15.2. The number of benzene rings is 1. The van der Waals surface area contributed by atoms with Gasteiger partial charge in [-0.3, -0.25) is 4.84 Å². The standard InChI is InChI=1S/C15H24N3O4PS3/c1-5-20-23(24,21-6-2)18(14-10-8-7-9-11-14)26-12-16-15(19)22-17-13(3)25-4/h7-11H,5-6,12H2,1-4H3,(H,16,19). The van der Waals surface area contributed by atoms with E-state index >= 15 is 0 Å². The third-order valence-corrected chi connectivity index (χ3v) is 8.40. The van der Waals surface area contributed by atoms with Crippen LogP contribution in [0.3, 0.4) is 0 Å². The van der Waals surface area contributed by atoms with Crippen LogP contribution in [0.1, 0.15) is 20.8 Å². The zero-order chi connectivity index (χ0) is 19.4. The molecule has 0 aromatic heterocycles. The molecule has 1 aromatic rings. The second-order valence-corrected chi connectivity index (χ2v) is 9.98. The minimum atomic E-state index is -2.74. The lowest BCUT2D eigenvalue weighted by Crippen LogP contribution is -2.26. The topological polar surface area (TPSA) is 72.4 Å². The quantitative estimate of drug-likeness (QED) is 0.106. The van der Waals surface area contributed by atoms with Crippen molar-refractivity contribution in [2.45, 2.75) is 20.8 Å². The van der Waals surface area contributed by atoms with Crippen molar-refractivity contribution in [2.75, 3.05) is 29.4 Å². The molecule has 0 unspecified atom stereocenters. The smallest absolute Gasteiger partial charge is 0.313 e. The largest absolute Gasteiger partial charge is 0.434 e. The van der Waals surface area contributed by atoms with Crippen LogP contribution in [0.15, 0.2) is 35.5 Å². The highest BCUT2D eigenvalue weighted by Crippen LogP contribution is 2.57. The first-order valence-corrected chi connectivity index (χ1v) is 12.6.